The number of hydrogen-bond acceptors (Lipinski definition) is 3. The van der Waals surface area contributed by atoms with Gasteiger partial charge in [-0.05, 0) is 75.6 Å². The van der Waals surface area contributed by atoms with Crippen LogP contribution < -0.4 is 11.1 Å². The van der Waals surface area contributed by atoms with Crippen molar-refractivity contribution in [2.24, 2.45) is 17.8 Å². The SMILES string of the molecule is CC1(NC(=O)c2ccc(N)cc2)C2CC3CC1CN(C2)C3(C)C. The molecule has 1 aromatic rings. The summed E-state index contributed by atoms with van der Waals surface area (Å²) in [4.78, 5) is 15.4. The quantitative estimate of drug-likeness (QED) is 0.825. The van der Waals surface area contributed by atoms with E-state index in [4.69, 9.17) is 5.73 Å². The lowest BCUT2D eigenvalue weighted by atomic mass is 9.53. The molecule has 5 rings (SSSR count). The fraction of sp³-hybridized carbons (Fsp3) is 0.632. The number of piperidine rings is 3. The van der Waals surface area contributed by atoms with Crippen molar-refractivity contribution < 1.29 is 4.79 Å². The first-order valence-corrected chi connectivity index (χ1v) is 8.74. The minimum atomic E-state index is -0.0814. The first-order chi connectivity index (χ1) is 10.8. The molecule has 2 unspecified atom stereocenters. The van der Waals surface area contributed by atoms with E-state index in [1.54, 1.807) is 12.1 Å². The third kappa shape index (κ3) is 2.11. The Bertz CT molecular complexity index is 603. The monoisotopic (exact) mass is 313 g/mol. The molecule has 124 valence electrons. The molecule has 4 bridgehead atoms. The number of rotatable bonds is 2. The van der Waals surface area contributed by atoms with Crippen LogP contribution in [0.5, 0.6) is 0 Å². The Kier molecular flexibility index (Phi) is 3.08. The third-order valence-corrected chi connectivity index (χ3v) is 7.09. The van der Waals surface area contributed by atoms with Crippen molar-refractivity contribution in [2.45, 2.75) is 44.7 Å². The molecule has 4 heteroatoms. The molecule has 4 nitrogen and oxygen atoms in total. The predicted molar refractivity (Wildman–Crippen MR) is 92.1 cm³/mol. The molecule has 4 fully saturated rings. The molecule has 0 aromatic heterocycles. The highest BCUT2D eigenvalue weighted by Crippen LogP contribution is 2.55. The molecule has 1 aromatic carbocycles. The summed E-state index contributed by atoms with van der Waals surface area (Å²) in [6.45, 7) is 9.26. The fourth-order valence-corrected chi connectivity index (χ4v) is 5.20. The van der Waals surface area contributed by atoms with E-state index in [0.717, 1.165) is 19.0 Å². The first-order valence-electron chi connectivity index (χ1n) is 8.74. The van der Waals surface area contributed by atoms with Crippen molar-refractivity contribution in [3.8, 4) is 0 Å². The maximum absolute atomic E-state index is 12.7. The van der Waals surface area contributed by atoms with Crippen molar-refractivity contribution in [1.29, 1.82) is 0 Å². The molecule has 1 amide bonds. The normalized spacial score (nSPS) is 40.1. The van der Waals surface area contributed by atoms with Crippen LogP contribution in [0.15, 0.2) is 24.3 Å². The largest absolute Gasteiger partial charge is 0.399 e. The van der Waals surface area contributed by atoms with E-state index in [2.05, 4.69) is 31.0 Å². The minimum Gasteiger partial charge on any atom is -0.399 e. The third-order valence-electron chi connectivity index (χ3n) is 7.09. The molecule has 2 atom stereocenters. The zero-order valence-electron chi connectivity index (χ0n) is 14.3. The van der Waals surface area contributed by atoms with Gasteiger partial charge in [0.05, 0.1) is 0 Å². The number of carbonyl (C=O) groups excluding carboxylic acids is 1. The maximum Gasteiger partial charge on any atom is 0.251 e. The van der Waals surface area contributed by atoms with Crippen LogP contribution in [0, 0.1) is 17.8 Å². The fourth-order valence-electron chi connectivity index (χ4n) is 5.20. The molecular formula is C19H27N3O. The Hall–Kier alpha value is -1.55. The summed E-state index contributed by atoms with van der Waals surface area (Å²) in [5.41, 5.74) is 7.36. The van der Waals surface area contributed by atoms with Gasteiger partial charge in [0.25, 0.3) is 5.91 Å². The second kappa shape index (κ2) is 4.73. The Labute approximate surface area is 138 Å². The highest BCUT2D eigenvalue weighted by molar-refractivity contribution is 5.95. The molecule has 3 aliphatic heterocycles. The second-order valence-electron chi connectivity index (χ2n) is 8.48. The van der Waals surface area contributed by atoms with Crippen molar-refractivity contribution in [2.75, 3.05) is 18.8 Å². The van der Waals surface area contributed by atoms with Crippen LogP contribution in [0.25, 0.3) is 0 Å². The van der Waals surface area contributed by atoms with Gasteiger partial charge in [-0.3, -0.25) is 9.69 Å². The summed E-state index contributed by atoms with van der Waals surface area (Å²) in [5.74, 6) is 1.92. The van der Waals surface area contributed by atoms with Gasteiger partial charge < -0.3 is 11.1 Å². The van der Waals surface area contributed by atoms with E-state index in [1.807, 2.05) is 12.1 Å². The molecule has 3 heterocycles. The Morgan fingerprint density at radius 2 is 1.65 bits per heavy atom. The van der Waals surface area contributed by atoms with Gasteiger partial charge >= 0.3 is 0 Å². The average Bonchev–Trinajstić information content (AvgIpc) is 2.45. The van der Waals surface area contributed by atoms with Crippen LogP contribution in [0.1, 0.15) is 44.0 Å². The highest BCUT2D eigenvalue weighted by Gasteiger charge is 2.60. The number of nitrogen functional groups attached to an aromatic ring is 1. The maximum atomic E-state index is 12.7. The smallest absolute Gasteiger partial charge is 0.251 e. The van der Waals surface area contributed by atoms with Crippen LogP contribution in [0.2, 0.25) is 0 Å². The number of nitrogens with zero attached hydrogens (tertiary/aromatic N) is 1. The lowest BCUT2D eigenvalue weighted by Gasteiger charge is -2.67. The topological polar surface area (TPSA) is 58.4 Å². The number of anilines is 1. The molecule has 0 spiro atoms. The number of amides is 1. The number of benzene rings is 1. The molecule has 4 aliphatic rings. The van der Waals surface area contributed by atoms with Gasteiger partial charge in [0, 0.05) is 35.4 Å². The highest BCUT2D eigenvalue weighted by atomic mass is 16.1. The van der Waals surface area contributed by atoms with Crippen LogP contribution in [0.4, 0.5) is 5.69 Å². The van der Waals surface area contributed by atoms with Crippen LogP contribution in [0.3, 0.4) is 0 Å². The van der Waals surface area contributed by atoms with Gasteiger partial charge in [0.2, 0.25) is 0 Å². The Balaban J connectivity index is 1.56. The van der Waals surface area contributed by atoms with Gasteiger partial charge in [0.1, 0.15) is 0 Å². The molecule has 23 heavy (non-hydrogen) atoms. The summed E-state index contributed by atoms with van der Waals surface area (Å²) in [7, 11) is 0. The molecule has 3 N–H and O–H groups in total. The standard InChI is InChI=1S/C19H27N3O/c1-18(2)13-8-14-10-22(18)11-15(9-13)19(14,3)21-17(23)12-4-6-16(20)7-5-12/h4-7,13-15H,8-11,20H2,1-3H3,(H,21,23). The number of nitrogens with two attached hydrogens (primary N) is 1. The summed E-state index contributed by atoms with van der Waals surface area (Å²) >= 11 is 0. The molecule has 0 radical (unpaired) electrons. The lowest BCUT2D eigenvalue weighted by Crippen LogP contribution is -2.75. The van der Waals surface area contributed by atoms with E-state index in [9.17, 15) is 4.79 Å². The molecule has 1 saturated carbocycles. The molecular weight excluding hydrogens is 286 g/mol. The van der Waals surface area contributed by atoms with Gasteiger partial charge in [0.15, 0.2) is 0 Å². The summed E-state index contributed by atoms with van der Waals surface area (Å²) in [6.07, 6.45) is 2.47. The molecule has 1 aliphatic carbocycles. The van der Waals surface area contributed by atoms with Crippen LogP contribution in [-0.2, 0) is 0 Å². The van der Waals surface area contributed by atoms with E-state index in [1.165, 1.54) is 12.8 Å². The van der Waals surface area contributed by atoms with E-state index in [-0.39, 0.29) is 11.4 Å². The van der Waals surface area contributed by atoms with Crippen molar-refractivity contribution in [1.82, 2.24) is 10.2 Å². The van der Waals surface area contributed by atoms with Gasteiger partial charge in [-0.1, -0.05) is 0 Å². The Morgan fingerprint density at radius 3 is 2.17 bits per heavy atom. The minimum absolute atomic E-state index is 0.0363. The van der Waals surface area contributed by atoms with E-state index < -0.39 is 0 Å². The van der Waals surface area contributed by atoms with Crippen molar-refractivity contribution in [3.05, 3.63) is 29.8 Å². The van der Waals surface area contributed by atoms with Crippen LogP contribution in [-0.4, -0.2) is 35.0 Å². The van der Waals surface area contributed by atoms with Crippen LogP contribution >= 0.6 is 0 Å². The summed E-state index contributed by atoms with van der Waals surface area (Å²) < 4.78 is 0. The predicted octanol–water partition coefficient (Wildman–Crippen LogP) is 2.51. The summed E-state index contributed by atoms with van der Waals surface area (Å²) in [5, 5.41) is 3.40. The zero-order chi connectivity index (χ0) is 16.4. The van der Waals surface area contributed by atoms with Crippen molar-refractivity contribution in [3.63, 3.8) is 0 Å². The number of nitrogens with one attached hydrogen (secondary N) is 1. The van der Waals surface area contributed by atoms with Gasteiger partial charge in [-0.15, -0.1) is 0 Å². The Morgan fingerprint density at radius 1 is 1.09 bits per heavy atom. The zero-order valence-corrected chi connectivity index (χ0v) is 14.3. The van der Waals surface area contributed by atoms with E-state index in [0.29, 0.717) is 28.6 Å². The average molecular weight is 313 g/mol. The van der Waals surface area contributed by atoms with Gasteiger partial charge in [-0.25, -0.2) is 0 Å². The lowest BCUT2D eigenvalue weighted by molar-refractivity contribution is -0.151. The van der Waals surface area contributed by atoms with Crippen molar-refractivity contribution >= 4 is 11.6 Å². The summed E-state index contributed by atoms with van der Waals surface area (Å²) in [6, 6.07) is 7.22. The number of carbonyl (C=O) groups is 1. The number of hydrogen-bond donors (Lipinski definition) is 2. The second-order valence-corrected chi connectivity index (χ2v) is 8.48. The van der Waals surface area contributed by atoms with E-state index >= 15 is 0 Å². The molecule has 3 saturated heterocycles. The van der Waals surface area contributed by atoms with Gasteiger partial charge in [-0.2, -0.15) is 0 Å². The first kappa shape index (κ1) is 15.0.